The van der Waals surface area contributed by atoms with Gasteiger partial charge in [0.2, 0.25) is 0 Å². The van der Waals surface area contributed by atoms with Crippen molar-refractivity contribution in [2.45, 2.75) is 19.4 Å². The van der Waals surface area contributed by atoms with E-state index in [0.717, 1.165) is 6.42 Å². The highest BCUT2D eigenvalue weighted by Crippen LogP contribution is 2.08. The molecule has 1 aromatic carbocycles. The summed E-state index contributed by atoms with van der Waals surface area (Å²) in [6, 6.07) is 10.5. The first-order valence-electron chi connectivity index (χ1n) is 4.66. The lowest BCUT2D eigenvalue weighted by molar-refractivity contribution is 0.537. The van der Waals surface area contributed by atoms with Crippen molar-refractivity contribution >= 4 is 0 Å². The molecule has 0 saturated carbocycles. The maximum Gasteiger partial charge on any atom is 0.0140 e. The molecule has 0 radical (unpaired) electrons. The van der Waals surface area contributed by atoms with Crippen LogP contribution in [0.3, 0.4) is 0 Å². The van der Waals surface area contributed by atoms with E-state index in [9.17, 15) is 0 Å². The van der Waals surface area contributed by atoms with Gasteiger partial charge in [-0.25, -0.2) is 0 Å². The summed E-state index contributed by atoms with van der Waals surface area (Å²) in [5.74, 6) is 0.375. The summed E-state index contributed by atoms with van der Waals surface area (Å²) in [4.78, 5) is 0. The molecule has 2 N–H and O–H groups in total. The standard InChI is InChI=1S/C12H17N/c1-3-10(2)12(13)9-11-7-5-4-6-8-11/h3-8,10,12H,1,9,13H2,2H3/t10?,12-/m0/s1. The van der Waals surface area contributed by atoms with E-state index in [0.29, 0.717) is 5.92 Å². The summed E-state index contributed by atoms with van der Waals surface area (Å²) >= 11 is 0. The number of benzene rings is 1. The Morgan fingerprint density at radius 3 is 2.54 bits per heavy atom. The van der Waals surface area contributed by atoms with Crippen LogP contribution in [-0.2, 0) is 6.42 Å². The van der Waals surface area contributed by atoms with Crippen LogP contribution in [0.1, 0.15) is 12.5 Å². The minimum atomic E-state index is 0.180. The van der Waals surface area contributed by atoms with E-state index in [4.69, 9.17) is 5.73 Å². The molecule has 2 atom stereocenters. The Hall–Kier alpha value is -1.08. The lowest BCUT2D eigenvalue weighted by Gasteiger charge is -2.15. The monoisotopic (exact) mass is 175 g/mol. The van der Waals surface area contributed by atoms with E-state index >= 15 is 0 Å². The Balaban J connectivity index is 2.54. The van der Waals surface area contributed by atoms with Crippen LogP contribution in [0.2, 0.25) is 0 Å². The quantitative estimate of drug-likeness (QED) is 0.698. The smallest absolute Gasteiger partial charge is 0.0140 e. The van der Waals surface area contributed by atoms with E-state index in [1.54, 1.807) is 0 Å². The molecule has 0 aliphatic heterocycles. The van der Waals surface area contributed by atoms with Gasteiger partial charge < -0.3 is 5.73 Å². The lowest BCUT2D eigenvalue weighted by Crippen LogP contribution is -2.29. The van der Waals surface area contributed by atoms with Crippen LogP contribution >= 0.6 is 0 Å². The molecule has 1 rings (SSSR count). The number of rotatable bonds is 4. The predicted octanol–water partition coefficient (Wildman–Crippen LogP) is 2.38. The summed E-state index contributed by atoms with van der Waals surface area (Å²) in [5, 5.41) is 0. The van der Waals surface area contributed by atoms with Crippen LogP contribution in [-0.4, -0.2) is 6.04 Å². The second kappa shape index (κ2) is 4.83. The van der Waals surface area contributed by atoms with Crippen LogP contribution < -0.4 is 5.73 Å². The van der Waals surface area contributed by atoms with Crippen molar-refractivity contribution in [2.24, 2.45) is 11.7 Å². The van der Waals surface area contributed by atoms with E-state index < -0.39 is 0 Å². The van der Waals surface area contributed by atoms with Crippen molar-refractivity contribution in [3.63, 3.8) is 0 Å². The fourth-order valence-corrected chi connectivity index (χ4v) is 1.25. The van der Waals surface area contributed by atoms with Gasteiger partial charge in [-0.2, -0.15) is 0 Å². The van der Waals surface area contributed by atoms with E-state index in [-0.39, 0.29) is 6.04 Å². The Labute approximate surface area is 80.3 Å². The van der Waals surface area contributed by atoms with E-state index in [2.05, 4.69) is 25.6 Å². The average molecular weight is 175 g/mol. The molecule has 0 heterocycles. The molecule has 0 aliphatic rings. The van der Waals surface area contributed by atoms with Crippen molar-refractivity contribution in [3.8, 4) is 0 Å². The topological polar surface area (TPSA) is 26.0 Å². The van der Waals surface area contributed by atoms with Gasteiger partial charge >= 0.3 is 0 Å². The molecule has 0 saturated heterocycles. The Morgan fingerprint density at radius 1 is 1.38 bits per heavy atom. The number of hydrogen-bond acceptors (Lipinski definition) is 1. The highest BCUT2D eigenvalue weighted by atomic mass is 14.6. The van der Waals surface area contributed by atoms with Gasteiger partial charge in [-0.3, -0.25) is 0 Å². The molecule has 0 aliphatic carbocycles. The van der Waals surface area contributed by atoms with Gasteiger partial charge in [0.15, 0.2) is 0 Å². The summed E-state index contributed by atoms with van der Waals surface area (Å²) in [6.45, 7) is 5.84. The third-order valence-corrected chi connectivity index (χ3v) is 2.36. The van der Waals surface area contributed by atoms with Gasteiger partial charge in [-0.15, -0.1) is 6.58 Å². The maximum absolute atomic E-state index is 5.99. The molecule has 70 valence electrons. The predicted molar refractivity (Wildman–Crippen MR) is 57.5 cm³/mol. The van der Waals surface area contributed by atoms with Crippen LogP contribution in [0, 0.1) is 5.92 Å². The minimum Gasteiger partial charge on any atom is -0.327 e. The van der Waals surface area contributed by atoms with Crippen molar-refractivity contribution in [2.75, 3.05) is 0 Å². The van der Waals surface area contributed by atoms with E-state index in [1.165, 1.54) is 5.56 Å². The average Bonchev–Trinajstić information content (AvgIpc) is 2.18. The van der Waals surface area contributed by atoms with Crippen LogP contribution in [0.15, 0.2) is 43.0 Å². The normalized spacial score (nSPS) is 14.9. The SMILES string of the molecule is C=CC(C)[C@@H](N)Cc1ccccc1. The largest absolute Gasteiger partial charge is 0.327 e. The molecule has 1 heteroatoms. The fourth-order valence-electron chi connectivity index (χ4n) is 1.25. The minimum absolute atomic E-state index is 0.180. The molecular formula is C12H17N. The van der Waals surface area contributed by atoms with Gasteiger partial charge in [0.1, 0.15) is 0 Å². The molecule has 0 aromatic heterocycles. The summed E-state index contributed by atoms with van der Waals surface area (Å²) < 4.78 is 0. The molecule has 0 amide bonds. The Morgan fingerprint density at radius 2 is 2.00 bits per heavy atom. The van der Waals surface area contributed by atoms with Crippen molar-refractivity contribution < 1.29 is 0 Å². The molecule has 13 heavy (non-hydrogen) atoms. The van der Waals surface area contributed by atoms with Gasteiger partial charge in [-0.1, -0.05) is 43.3 Å². The zero-order valence-corrected chi connectivity index (χ0v) is 8.11. The van der Waals surface area contributed by atoms with Crippen LogP contribution in [0.25, 0.3) is 0 Å². The highest BCUT2D eigenvalue weighted by Gasteiger charge is 2.08. The van der Waals surface area contributed by atoms with Crippen LogP contribution in [0.4, 0.5) is 0 Å². The Kier molecular flexibility index (Phi) is 3.71. The summed E-state index contributed by atoms with van der Waals surface area (Å²) in [7, 11) is 0. The summed E-state index contributed by atoms with van der Waals surface area (Å²) in [5.41, 5.74) is 7.28. The highest BCUT2D eigenvalue weighted by molar-refractivity contribution is 5.16. The molecular weight excluding hydrogens is 158 g/mol. The molecule has 0 fully saturated rings. The molecule has 1 nitrogen and oxygen atoms in total. The molecule has 1 aromatic rings. The second-order valence-electron chi connectivity index (χ2n) is 3.45. The third kappa shape index (κ3) is 3.03. The first-order valence-corrected chi connectivity index (χ1v) is 4.66. The number of nitrogens with two attached hydrogens (primary N) is 1. The fraction of sp³-hybridized carbons (Fsp3) is 0.333. The second-order valence-corrected chi connectivity index (χ2v) is 3.45. The van der Waals surface area contributed by atoms with Gasteiger partial charge in [0.05, 0.1) is 0 Å². The van der Waals surface area contributed by atoms with Crippen molar-refractivity contribution in [1.29, 1.82) is 0 Å². The summed E-state index contributed by atoms with van der Waals surface area (Å²) in [6.07, 6.45) is 2.83. The number of hydrogen-bond donors (Lipinski definition) is 1. The van der Waals surface area contributed by atoms with Crippen molar-refractivity contribution in [1.82, 2.24) is 0 Å². The lowest BCUT2D eigenvalue weighted by atomic mass is 9.96. The zero-order valence-electron chi connectivity index (χ0n) is 8.11. The molecule has 1 unspecified atom stereocenters. The first kappa shape index (κ1) is 10.0. The maximum atomic E-state index is 5.99. The Bertz CT molecular complexity index is 253. The van der Waals surface area contributed by atoms with Gasteiger partial charge in [0.25, 0.3) is 0 Å². The zero-order chi connectivity index (χ0) is 9.68. The third-order valence-electron chi connectivity index (χ3n) is 2.36. The molecule has 0 spiro atoms. The first-order chi connectivity index (χ1) is 6.24. The van der Waals surface area contributed by atoms with Gasteiger partial charge in [-0.05, 0) is 17.9 Å². The van der Waals surface area contributed by atoms with Crippen LogP contribution in [0.5, 0.6) is 0 Å². The van der Waals surface area contributed by atoms with Gasteiger partial charge in [0, 0.05) is 6.04 Å². The molecule has 0 bridgehead atoms. The van der Waals surface area contributed by atoms with Crippen molar-refractivity contribution in [3.05, 3.63) is 48.6 Å². The van der Waals surface area contributed by atoms with E-state index in [1.807, 2.05) is 24.3 Å².